The molecule has 110 valence electrons. The average molecular weight is 275 g/mol. The number of carbonyl (C=O) groups is 1. The number of rotatable bonds is 4. The van der Waals surface area contributed by atoms with Gasteiger partial charge in [-0.3, -0.25) is 9.78 Å². The Labute approximate surface area is 121 Å². The molecule has 3 atom stereocenters. The van der Waals surface area contributed by atoms with Gasteiger partial charge in [-0.25, -0.2) is 0 Å². The molecule has 2 rings (SSSR count). The molecule has 1 saturated heterocycles. The Morgan fingerprint density at radius 1 is 1.50 bits per heavy atom. The molecule has 1 amide bonds. The first kappa shape index (κ1) is 15.0. The Bertz CT molecular complexity index is 435. The van der Waals surface area contributed by atoms with Gasteiger partial charge in [0.2, 0.25) is 5.91 Å². The lowest BCUT2D eigenvalue weighted by molar-refractivity contribution is -0.136. The maximum atomic E-state index is 12.6. The third kappa shape index (κ3) is 3.37. The van der Waals surface area contributed by atoms with Crippen molar-refractivity contribution >= 4 is 5.91 Å². The van der Waals surface area contributed by atoms with E-state index >= 15 is 0 Å². The van der Waals surface area contributed by atoms with E-state index in [1.165, 1.54) is 12.0 Å². The van der Waals surface area contributed by atoms with Gasteiger partial charge >= 0.3 is 0 Å². The molecular formula is C16H25N3O. The summed E-state index contributed by atoms with van der Waals surface area (Å²) >= 11 is 0. The number of aromatic nitrogens is 1. The zero-order chi connectivity index (χ0) is 14.5. The largest absolute Gasteiger partial charge is 0.338 e. The second kappa shape index (κ2) is 6.84. The van der Waals surface area contributed by atoms with E-state index in [2.05, 4.69) is 18.8 Å². The summed E-state index contributed by atoms with van der Waals surface area (Å²) in [6.45, 7) is 5.71. The van der Waals surface area contributed by atoms with Crippen molar-refractivity contribution in [2.75, 3.05) is 13.1 Å². The minimum atomic E-state index is 0.209. The molecule has 4 heteroatoms. The number of likely N-dealkylation sites (tertiary alicyclic amines) is 1. The molecule has 1 aliphatic rings. The Balaban J connectivity index is 2.00. The van der Waals surface area contributed by atoms with Crippen molar-refractivity contribution in [3.8, 4) is 0 Å². The monoisotopic (exact) mass is 275 g/mol. The summed E-state index contributed by atoms with van der Waals surface area (Å²) in [5.74, 6) is 0.964. The number of carbonyl (C=O) groups excluding carboxylic acids is 1. The van der Waals surface area contributed by atoms with Gasteiger partial charge in [0.25, 0.3) is 0 Å². The standard InChI is InChI=1S/C16H25N3O/c1-12-4-3-9-19(15(12)11-17)16(20)10-13(2)14-5-7-18-8-6-14/h5-8,12-13,15H,3-4,9-11,17H2,1-2H3/t12-,13+,15-/m0/s1. The van der Waals surface area contributed by atoms with Crippen LogP contribution in [0.25, 0.3) is 0 Å². The highest BCUT2D eigenvalue weighted by Gasteiger charge is 2.31. The lowest BCUT2D eigenvalue weighted by atomic mass is 9.89. The van der Waals surface area contributed by atoms with Gasteiger partial charge in [-0.2, -0.15) is 0 Å². The number of nitrogens with two attached hydrogens (primary N) is 1. The van der Waals surface area contributed by atoms with Gasteiger partial charge in [-0.1, -0.05) is 13.8 Å². The maximum absolute atomic E-state index is 12.6. The third-order valence-electron chi connectivity index (χ3n) is 4.43. The van der Waals surface area contributed by atoms with Crippen molar-refractivity contribution < 1.29 is 4.79 Å². The fraction of sp³-hybridized carbons (Fsp3) is 0.625. The van der Waals surface area contributed by atoms with Gasteiger partial charge in [0.1, 0.15) is 0 Å². The highest BCUT2D eigenvalue weighted by Crippen LogP contribution is 2.26. The van der Waals surface area contributed by atoms with Crippen LogP contribution in [0.5, 0.6) is 0 Å². The van der Waals surface area contributed by atoms with Crippen LogP contribution in [0.3, 0.4) is 0 Å². The summed E-state index contributed by atoms with van der Waals surface area (Å²) < 4.78 is 0. The van der Waals surface area contributed by atoms with E-state index in [1.807, 2.05) is 17.0 Å². The number of hydrogen-bond donors (Lipinski definition) is 1. The molecule has 0 radical (unpaired) electrons. The lowest BCUT2D eigenvalue weighted by Crippen LogP contribution is -2.51. The van der Waals surface area contributed by atoms with Gasteiger partial charge in [-0.15, -0.1) is 0 Å². The van der Waals surface area contributed by atoms with Crippen LogP contribution in [0, 0.1) is 5.92 Å². The molecule has 0 saturated carbocycles. The van der Waals surface area contributed by atoms with Gasteiger partial charge in [0.15, 0.2) is 0 Å². The third-order valence-corrected chi connectivity index (χ3v) is 4.43. The first-order chi connectivity index (χ1) is 9.63. The molecule has 0 aliphatic carbocycles. The van der Waals surface area contributed by atoms with Crippen molar-refractivity contribution in [1.29, 1.82) is 0 Å². The molecular weight excluding hydrogens is 250 g/mol. The lowest BCUT2D eigenvalue weighted by Gasteiger charge is -2.40. The van der Waals surface area contributed by atoms with Crippen molar-refractivity contribution in [1.82, 2.24) is 9.88 Å². The molecule has 4 nitrogen and oxygen atoms in total. The van der Waals surface area contributed by atoms with Crippen LogP contribution >= 0.6 is 0 Å². The van der Waals surface area contributed by atoms with Gasteiger partial charge in [0, 0.05) is 37.9 Å². The zero-order valence-electron chi connectivity index (χ0n) is 12.5. The highest BCUT2D eigenvalue weighted by molar-refractivity contribution is 5.77. The molecule has 2 N–H and O–H groups in total. The molecule has 20 heavy (non-hydrogen) atoms. The number of piperidine rings is 1. The van der Waals surface area contributed by atoms with E-state index in [0.29, 0.717) is 18.9 Å². The van der Waals surface area contributed by atoms with Crippen LogP contribution < -0.4 is 5.73 Å². The zero-order valence-corrected chi connectivity index (χ0v) is 12.5. The summed E-state index contributed by atoms with van der Waals surface area (Å²) in [6, 6.07) is 4.18. The molecule has 1 fully saturated rings. The molecule has 0 spiro atoms. The summed E-state index contributed by atoms with van der Waals surface area (Å²) in [4.78, 5) is 18.6. The molecule has 0 unspecified atom stereocenters. The second-order valence-electron chi connectivity index (χ2n) is 5.90. The van der Waals surface area contributed by atoms with Crippen LogP contribution in [-0.4, -0.2) is 34.9 Å². The SMILES string of the molecule is C[C@H](CC(=O)N1CCC[C@H](C)[C@@H]1CN)c1ccncc1. The first-order valence-corrected chi connectivity index (χ1v) is 7.53. The Hall–Kier alpha value is -1.42. The van der Waals surface area contributed by atoms with Crippen LogP contribution in [0.4, 0.5) is 0 Å². The predicted octanol–water partition coefficient (Wildman–Crippen LogP) is 2.16. The number of pyridine rings is 1. The fourth-order valence-corrected chi connectivity index (χ4v) is 3.11. The minimum Gasteiger partial charge on any atom is -0.338 e. The normalized spacial score (nSPS) is 24.4. The molecule has 1 aromatic rings. The van der Waals surface area contributed by atoms with E-state index in [1.54, 1.807) is 12.4 Å². The fourth-order valence-electron chi connectivity index (χ4n) is 3.11. The van der Waals surface area contributed by atoms with E-state index in [4.69, 9.17) is 5.73 Å². The number of hydrogen-bond acceptors (Lipinski definition) is 3. The van der Waals surface area contributed by atoms with Crippen LogP contribution in [-0.2, 0) is 4.79 Å². The van der Waals surface area contributed by atoms with E-state index in [0.717, 1.165) is 13.0 Å². The van der Waals surface area contributed by atoms with E-state index < -0.39 is 0 Å². The first-order valence-electron chi connectivity index (χ1n) is 7.53. The summed E-state index contributed by atoms with van der Waals surface area (Å²) in [7, 11) is 0. The van der Waals surface area contributed by atoms with E-state index in [-0.39, 0.29) is 17.9 Å². The highest BCUT2D eigenvalue weighted by atomic mass is 16.2. The number of nitrogens with zero attached hydrogens (tertiary/aromatic N) is 2. The van der Waals surface area contributed by atoms with E-state index in [9.17, 15) is 4.79 Å². The smallest absolute Gasteiger partial charge is 0.223 e. The van der Waals surface area contributed by atoms with Crippen LogP contribution in [0.1, 0.15) is 44.6 Å². The van der Waals surface area contributed by atoms with Crippen LogP contribution in [0.15, 0.2) is 24.5 Å². The minimum absolute atomic E-state index is 0.209. The predicted molar refractivity (Wildman–Crippen MR) is 80.2 cm³/mol. The summed E-state index contributed by atoms with van der Waals surface area (Å²) in [6.07, 6.45) is 6.37. The van der Waals surface area contributed by atoms with Crippen LogP contribution in [0.2, 0.25) is 0 Å². The van der Waals surface area contributed by atoms with Gasteiger partial charge in [0.05, 0.1) is 0 Å². The van der Waals surface area contributed by atoms with Gasteiger partial charge in [-0.05, 0) is 42.4 Å². The molecule has 1 aliphatic heterocycles. The number of amides is 1. The quantitative estimate of drug-likeness (QED) is 0.916. The Morgan fingerprint density at radius 3 is 2.85 bits per heavy atom. The summed E-state index contributed by atoms with van der Waals surface area (Å²) in [5, 5.41) is 0. The van der Waals surface area contributed by atoms with Crippen molar-refractivity contribution in [3.05, 3.63) is 30.1 Å². The van der Waals surface area contributed by atoms with Gasteiger partial charge < -0.3 is 10.6 Å². The molecule has 0 bridgehead atoms. The maximum Gasteiger partial charge on any atom is 0.223 e. The second-order valence-corrected chi connectivity index (χ2v) is 5.90. The Kier molecular flexibility index (Phi) is 5.12. The molecule has 0 aromatic carbocycles. The molecule has 1 aromatic heterocycles. The molecule has 2 heterocycles. The van der Waals surface area contributed by atoms with Crippen molar-refractivity contribution in [3.63, 3.8) is 0 Å². The van der Waals surface area contributed by atoms with Crippen molar-refractivity contribution in [2.24, 2.45) is 11.7 Å². The Morgan fingerprint density at radius 2 is 2.20 bits per heavy atom. The summed E-state index contributed by atoms with van der Waals surface area (Å²) in [5.41, 5.74) is 7.03. The topological polar surface area (TPSA) is 59.2 Å². The average Bonchev–Trinajstić information content (AvgIpc) is 2.47. The van der Waals surface area contributed by atoms with Crippen molar-refractivity contribution in [2.45, 2.75) is 45.1 Å².